The molecule has 0 spiro atoms. The van der Waals surface area contributed by atoms with E-state index in [0.717, 1.165) is 11.1 Å². The Kier molecular flexibility index (Phi) is 4.26. The van der Waals surface area contributed by atoms with E-state index < -0.39 is 11.9 Å². The summed E-state index contributed by atoms with van der Waals surface area (Å²) in [5, 5.41) is 11.3. The van der Waals surface area contributed by atoms with Crippen molar-refractivity contribution >= 4 is 11.9 Å². The number of aryl methyl sites for hydroxylation is 2. The first kappa shape index (κ1) is 13.2. The van der Waals surface area contributed by atoms with E-state index in [1.165, 1.54) is 0 Å². The zero-order valence-corrected chi connectivity index (χ0v) is 10.3. The van der Waals surface area contributed by atoms with Crippen molar-refractivity contribution < 1.29 is 14.7 Å². The minimum atomic E-state index is -0.911. The summed E-state index contributed by atoms with van der Waals surface area (Å²) in [6.45, 7) is 5.54. The maximum Gasteiger partial charge on any atom is 0.308 e. The second-order valence-corrected chi connectivity index (χ2v) is 4.33. The highest BCUT2D eigenvalue weighted by atomic mass is 16.4. The predicted octanol–water partition coefficient (Wildman–Crippen LogP) is 1.75. The van der Waals surface area contributed by atoms with Gasteiger partial charge in [0, 0.05) is 12.1 Å². The molecule has 0 bridgehead atoms. The summed E-state index contributed by atoms with van der Waals surface area (Å²) < 4.78 is 0. The molecule has 0 aliphatic carbocycles. The Labute approximate surface area is 101 Å². The Hall–Kier alpha value is -1.84. The van der Waals surface area contributed by atoms with Crippen LogP contribution in [0, 0.1) is 19.8 Å². The fourth-order valence-corrected chi connectivity index (χ4v) is 1.54. The van der Waals surface area contributed by atoms with Crippen LogP contribution in [0.1, 0.15) is 28.4 Å². The smallest absolute Gasteiger partial charge is 0.308 e. The monoisotopic (exact) mass is 235 g/mol. The zero-order valence-electron chi connectivity index (χ0n) is 10.3. The summed E-state index contributed by atoms with van der Waals surface area (Å²) in [5.41, 5.74) is 2.60. The summed E-state index contributed by atoms with van der Waals surface area (Å²) in [6, 6.07) is 5.55. The van der Waals surface area contributed by atoms with Gasteiger partial charge in [-0.15, -0.1) is 0 Å². The summed E-state index contributed by atoms with van der Waals surface area (Å²) in [4.78, 5) is 22.4. The van der Waals surface area contributed by atoms with Gasteiger partial charge in [-0.25, -0.2) is 0 Å². The Morgan fingerprint density at radius 2 is 1.76 bits per heavy atom. The first-order chi connectivity index (χ1) is 7.90. The number of benzene rings is 1. The molecule has 1 atom stereocenters. The third kappa shape index (κ3) is 3.90. The SMILES string of the molecule is Cc1cc(C)cc(C(=O)NCC(C)C(=O)O)c1. The van der Waals surface area contributed by atoms with Gasteiger partial charge in [0.25, 0.3) is 5.91 Å². The van der Waals surface area contributed by atoms with E-state index in [4.69, 9.17) is 5.11 Å². The number of carbonyl (C=O) groups is 2. The van der Waals surface area contributed by atoms with Crippen LogP contribution in [0.5, 0.6) is 0 Å². The Bertz CT molecular complexity index is 420. The highest BCUT2D eigenvalue weighted by Crippen LogP contribution is 2.08. The molecule has 1 rings (SSSR count). The molecule has 0 aliphatic heterocycles. The predicted molar refractivity (Wildman–Crippen MR) is 65.0 cm³/mol. The highest BCUT2D eigenvalue weighted by molar-refractivity contribution is 5.94. The molecule has 0 fully saturated rings. The molecule has 1 aromatic rings. The van der Waals surface area contributed by atoms with E-state index in [-0.39, 0.29) is 12.5 Å². The topological polar surface area (TPSA) is 66.4 Å². The lowest BCUT2D eigenvalue weighted by atomic mass is 10.1. The van der Waals surface area contributed by atoms with Gasteiger partial charge < -0.3 is 10.4 Å². The molecule has 4 nitrogen and oxygen atoms in total. The molecule has 1 amide bonds. The van der Waals surface area contributed by atoms with Gasteiger partial charge in [-0.05, 0) is 26.0 Å². The van der Waals surface area contributed by atoms with E-state index in [1.807, 2.05) is 19.9 Å². The average molecular weight is 235 g/mol. The van der Waals surface area contributed by atoms with Crippen LogP contribution in [0.3, 0.4) is 0 Å². The second kappa shape index (κ2) is 5.48. The number of carbonyl (C=O) groups excluding carboxylic acids is 1. The van der Waals surface area contributed by atoms with E-state index in [2.05, 4.69) is 5.32 Å². The van der Waals surface area contributed by atoms with Gasteiger partial charge in [0.15, 0.2) is 0 Å². The van der Waals surface area contributed by atoms with Crippen molar-refractivity contribution in [2.45, 2.75) is 20.8 Å². The normalized spacial score (nSPS) is 11.9. The van der Waals surface area contributed by atoms with Crippen molar-refractivity contribution in [3.63, 3.8) is 0 Å². The van der Waals surface area contributed by atoms with Crippen LogP contribution in [0.2, 0.25) is 0 Å². The van der Waals surface area contributed by atoms with Crippen LogP contribution >= 0.6 is 0 Å². The molecule has 1 unspecified atom stereocenters. The molecule has 0 aliphatic rings. The maximum absolute atomic E-state index is 11.8. The summed E-state index contributed by atoms with van der Waals surface area (Å²) >= 11 is 0. The van der Waals surface area contributed by atoms with Crippen LogP contribution in [0.15, 0.2) is 18.2 Å². The van der Waals surface area contributed by atoms with Gasteiger partial charge in [-0.1, -0.05) is 24.1 Å². The van der Waals surface area contributed by atoms with Crippen molar-refractivity contribution in [3.05, 3.63) is 34.9 Å². The quantitative estimate of drug-likeness (QED) is 0.835. The molecule has 0 radical (unpaired) electrons. The van der Waals surface area contributed by atoms with E-state index in [9.17, 15) is 9.59 Å². The van der Waals surface area contributed by atoms with Crippen LogP contribution in [0.4, 0.5) is 0 Å². The highest BCUT2D eigenvalue weighted by Gasteiger charge is 2.13. The molecule has 0 saturated heterocycles. The maximum atomic E-state index is 11.8. The number of carboxylic acid groups (broad SMARTS) is 1. The largest absolute Gasteiger partial charge is 0.481 e. The van der Waals surface area contributed by atoms with Crippen molar-refractivity contribution in [2.75, 3.05) is 6.54 Å². The third-order valence-corrected chi connectivity index (χ3v) is 2.47. The standard InChI is InChI=1S/C13H17NO3/c1-8-4-9(2)6-11(5-8)12(15)14-7-10(3)13(16)17/h4-6,10H,7H2,1-3H3,(H,14,15)(H,16,17). The lowest BCUT2D eigenvalue weighted by Gasteiger charge is -2.09. The molecule has 4 heteroatoms. The van der Waals surface area contributed by atoms with Crippen LogP contribution < -0.4 is 5.32 Å². The number of carboxylic acids is 1. The molecule has 0 aromatic heterocycles. The number of nitrogens with one attached hydrogen (secondary N) is 1. The van der Waals surface area contributed by atoms with Crippen molar-refractivity contribution in [1.82, 2.24) is 5.32 Å². The number of aliphatic carboxylic acids is 1. The van der Waals surface area contributed by atoms with Gasteiger partial charge in [0.05, 0.1) is 5.92 Å². The molecule has 0 saturated carbocycles. The molecule has 2 N–H and O–H groups in total. The number of hydrogen-bond donors (Lipinski definition) is 2. The van der Waals surface area contributed by atoms with Gasteiger partial charge in [-0.2, -0.15) is 0 Å². The van der Waals surface area contributed by atoms with Crippen LogP contribution in [-0.4, -0.2) is 23.5 Å². The number of hydrogen-bond acceptors (Lipinski definition) is 2. The molecule has 1 aromatic carbocycles. The number of rotatable bonds is 4. The van der Waals surface area contributed by atoms with Crippen LogP contribution in [-0.2, 0) is 4.79 Å². The minimum Gasteiger partial charge on any atom is -0.481 e. The van der Waals surface area contributed by atoms with Gasteiger partial charge >= 0.3 is 5.97 Å². The molecular weight excluding hydrogens is 218 g/mol. The summed E-state index contributed by atoms with van der Waals surface area (Å²) in [5.74, 6) is -1.72. The van der Waals surface area contributed by atoms with Crippen molar-refractivity contribution in [3.8, 4) is 0 Å². The molecular formula is C13H17NO3. The number of amides is 1. The Balaban J connectivity index is 2.67. The summed E-state index contributed by atoms with van der Waals surface area (Å²) in [6.07, 6.45) is 0. The third-order valence-electron chi connectivity index (χ3n) is 2.47. The van der Waals surface area contributed by atoms with Gasteiger partial charge in [-0.3, -0.25) is 9.59 Å². The fraction of sp³-hybridized carbons (Fsp3) is 0.385. The first-order valence-electron chi connectivity index (χ1n) is 5.49. The Morgan fingerprint density at radius 3 is 2.24 bits per heavy atom. The Morgan fingerprint density at radius 1 is 1.24 bits per heavy atom. The van der Waals surface area contributed by atoms with Gasteiger partial charge in [0.1, 0.15) is 0 Å². The lowest BCUT2D eigenvalue weighted by molar-refractivity contribution is -0.140. The van der Waals surface area contributed by atoms with E-state index in [1.54, 1.807) is 19.1 Å². The molecule has 0 heterocycles. The van der Waals surface area contributed by atoms with Crippen LogP contribution in [0.25, 0.3) is 0 Å². The second-order valence-electron chi connectivity index (χ2n) is 4.33. The van der Waals surface area contributed by atoms with Crippen molar-refractivity contribution in [1.29, 1.82) is 0 Å². The van der Waals surface area contributed by atoms with Gasteiger partial charge in [0.2, 0.25) is 0 Å². The zero-order chi connectivity index (χ0) is 13.0. The molecule has 92 valence electrons. The lowest BCUT2D eigenvalue weighted by Crippen LogP contribution is -2.31. The molecule has 17 heavy (non-hydrogen) atoms. The van der Waals surface area contributed by atoms with E-state index >= 15 is 0 Å². The van der Waals surface area contributed by atoms with E-state index in [0.29, 0.717) is 5.56 Å². The first-order valence-corrected chi connectivity index (χ1v) is 5.49. The van der Waals surface area contributed by atoms with Crippen molar-refractivity contribution in [2.24, 2.45) is 5.92 Å². The summed E-state index contributed by atoms with van der Waals surface area (Å²) in [7, 11) is 0. The fourth-order valence-electron chi connectivity index (χ4n) is 1.54. The minimum absolute atomic E-state index is 0.140. The average Bonchev–Trinajstić information content (AvgIpc) is 2.23.